The molecule has 0 aromatic heterocycles. The summed E-state index contributed by atoms with van der Waals surface area (Å²) in [7, 11) is -2.76. The SMILES string of the molecule is O=S1(=O)CC[C@@H](NC2=NCCS2)C1. The van der Waals surface area contributed by atoms with Gasteiger partial charge in [0.05, 0.1) is 18.1 Å². The largest absolute Gasteiger partial charge is 0.361 e. The molecule has 2 rings (SSSR count). The number of sulfone groups is 1. The standard InChI is InChI=1S/C7H12N2O2S2/c10-13(11)4-1-6(5-13)9-7-8-2-3-12-7/h6H,1-5H2,(H,8,9)/t6-/m1/s1. The van der Waals surface area contributed by atoms with Crippen molar-refractivity contribution in [3.05, 3.63) is 0 Å². The second-order valence-electron chi connectivity index (χ2n) is 3.28. The summed E-state index contributed by atoms with van der Waals surface area (Å²) in [5.41, 5.74) is 0. The fourth-order valence-corrected chi connectivity index (χ4v) is 3.99. The lowest BCUT2D eigenvalue weighted by molar-refractivity contribution is 0.600. The number of rotatable bonds is 1. The molecule has 1 fully saturated rings. The van der Waals surface area contributed by atoms with Crippen molar-refractivity contribution >= 4 is 26.8 Å². The first-order valence-corrected chi connectivity index (χ1v) is 7.11. The minimum absolute atomic E-state index is 0.0920. The second kappa shape index (κ2) is 3.49. The zero-order valence-electron chi connectivity index (χ0n) is 7.19. The van der Waals surface area contributed by atoms with E-state index in [0.29, 0.717) is 5.75 Å². The Balaban J connectivity index is 1.90. The van der Waals surface area contributed by atoms with E-state index in [1.165, 1.54) is 0 Å². The number of aliphatic imine (C=N–C) groups is 1. The van der Waals surface area contributed by atoms with E-state index in [9.17, 15) is 8.42 Å². The Morgan fingerprint density at radius 3 is 2.92 bits per heavy atom. The zero-order chi connectivity index (χ0) is 9.31. The van der Waals surface area contributed by atoms with Crippen LogP contribution in [0.5, 0.6) is 0 Å². The van der Waals surface area contributed by atoms with Gasteiger partial charge in [-0.3, -0.25) is 4.99 Å². The first-order chi connectivity index (χ1) is 6.16. The number of nitrogens with zero attached hydrogens (tertiary/aromatic N) is 1. The number of nitrogens with one attached hydrogen (secondary N) is 1. The average molecular weight is 220 g/mol. The zero-order valence-corrected chi connectivity index (χ0v) is 8.83. The summed E-state index contributed by atoms with van der Waals surface area (Å²) in [5.74, 6) is 1.61. The van der Waals surface area contributed by atoms with Gasteiger partial charge < -0.3 is 5.32 Å². The van der Waals surface area contributed by atoms with E-state index < -0.39 is 9.84 Å². The monoisotopic (exact) mass is 220 g/mol. The van der Waals surface area contributed by atoms with Gasteiger partial charge in [-0.2, -0.15) is 0 Å². The summed E-state index contributed by atoms with van der Waals surface area (Å²) in [6.45, 7) is 0.854. The van der Waals surface area contributed by atoms with Gasteiger partial charge in [0.25, 0.3) is 0 Å². The fourth-order valence-electron chi connectivity index (χ4n) is 1.51. The van der Waals surface area contributed by atoms with E-state index in [0.717, 1.165) is 23.9 Å². The van der Waals surface area contributed by atoms with Gasteiger partial charge in [-0.25, -0.2) is 8.42 Å². The molecular formula is C7H12N2O2S2. The molecule has 13 heavy (non-hydrogen) atoms. The summed E-state index contributed by atoms with van der Waals surface area (Å²) >= 11 is 1.67. The fraction of sp³-hybridized carbons (Fsp3) is 0.857. The molecule has 74 valence electrons. The van der Waals surface area contributed by atoms with Crippen LogP contribution in [0.25, 0.3) is 0 Å². The molecule has 0 bridgehead atoms. The summed E-state index contributed by atoms with van der Waals surface area (Å²) in [5, 5.41) is 4.09. The summed E-state index contributed by atoms with van der Waals surface area (Å²) in [4.78, 5) is 4.22. The van der Waals surface area contributed by atoms with Crippen molar-refractivity contribution in [2.75, 3.05) is 23.8 Å². The molecule has 0 radical (unpaired) electrons. The second-order valence-corrected chi connectivity index (χ2v) is 6.59. The van der Waals surface area contributed by atoms with E-state index in [2.05, 4.69) is 10.3 Å². The van der Waals surface area contributed by atoms with Gasteiger partial charge in [-0.1, -0.05) is 11.8 Å². The van der Waals surface area contributed by atoms with Crippen LogP contribution in [0.2, 0.25) is 0 Å². The van der Waals surface area contributed by atoms with Crippen LogP contribution in [0, 0.1) is 0 Å². The smallest absolute Gasteiger partial charge is 0.156 e. The lowest BCUT2D eigenvalue weighted by atomic mass is 10.3. The normalized spacial score (nSPS) is 31.7. The predicted molar refractivity (Wildman–Crippen MR) is 55.0 cm³/mol. The Labute approximate surface area is 82.1 Å². The Bertz CT molecular complexity index is 323. The highest BCUT2D eigenvalue weighted by Crippen LogP contribution is 2.15. The lowest BCUT2D eigenvalue weighted by Gasteiger charge is -2.10. The van der Waals surface area contributed by atoms with Crippen LogP contribution < -0.4 is 5.32 Å². The third kappa shape index (κ3) is 2.37. The maximum Gasteiger partial charge on any atom is 0.156 e. The van der Waals surface area contributed by atoms with Gasteiger partial charge in [0.1, 0.15) is 0 Å². The van der Waals surface area contributed by atoms with E-state index in [1.54, 1.807) is 11.8 Å². The predicted octanol–water partition coefficient (Wildman–Crippen LogP) is -0.134. The van der Waals surface area contributed by atoms with Gasteiger partial charge in [0.2, 0.25) is 0 Å². The third-order valence-electron chi connectivity index (χ3n) is 2.15. The number of amidine groups is 1. The van der Waals surface area contributed by atoms with Crippen LogP contribution in [-0.4, -0.2) is 43.4 Å². The minimum Gasteiger partial charge on any atom is -0.361 e. The van der Waals surface area contributed by atoms with Crippen molar-refractivity contribution in [1.29, 1.82) is 0 Å². The van der Waals surface area contributed by atoms with E-state index in [1.807, 2.05) is 0 Å². The van der Waals surface area contributed by atoms with E-state index in [-0.39, 0.29) is 11.8 Å². The van der Waals surface area contributed by atoms with Crippen molar-refractivity contribution in [2.45, 2.75) is 12.5 Å². The molecule has 0 spiro atoms. The van der Waals surface area contributed by atoms with Crippen molar-refractivity contribution < 1.29 is 8.42 Å². The van der Waals surface area contributed by atoms with Gasteiger partial charge in [0, 0.05) is 11.8 Å². The van der Waals surface area contributed by atoms with Crippen LogP contribution in [-0.2, 0) is 9.84 Å². The quantitative estimate of drug-likeness (QED) is 0.668. The Kier molecular flexibility index (Phi) is 2.51. The third-order valence-corrected chi connectivity index (χ3v) is 4.82. The molecule has 2 aliphatic rings. The molecule has 1 saturated heterocycles. The highest BCUT2D eigenvalue weighted by Gasteiger charge is 2.28. The number of thioether (sulfide) groups is 1. The molecule has 1 atom stereocenters. The highest BCUT2D eigenvalue weighted by molar-refractivity contribution is 8.14. The first kappa shape index (κ1) is 9.33. The van der Waals surface area contributed by atoms with Crippen molar-refractivity contribution in [1.82, 2.24) is 5.32 Å². The molecule has 1 N–H and O–H groups in total. The molecule has 0 aromatic carbocycles. The molecule has 0 unspecified atom stereocenters. The topological polar surface area (TPSA) is 58.5 Å². The van der Waals surface area contributed by atoms with Crippen LogP contribution in [0.1, 0.15) is 6.42 Å². The maximum absolute atomic E-state index is 11.1. The maximum atomic E-state index is 11.1. The Hall–Kier alpha value is -0.230. The molecular weight excluding hydrogens is 208 g/mol. The molecule has 4 nitrogen and oxygen atoms in total. The first-order valence-electron chi connectivity index (χ1n) is 4.30. The summed E-state index contributed by atoms with van der Waals surface area (Å²) < 4.78 is 22.3. The summed E-state index contributed by atoms with van der Waals surface area (Å²) in [6.07, 6.45) is 0.724. The van der Waals surface area contributed by atoms with Gasteiger partial charge in [-0.15, -0.1) is 0 Å². The van der Waals surface area contributed by atoms with E-state index >= 15 is 0 Å². The number of hydrogen-bond donors (Lipinski definition) is 1. The Morgan fingerprint density at radius 2 is 2.38 bits per heavy atom. The van der Waals surface area contributed by atoms with Gasteiger partial charge in [-0.05, 0) is 6.42 Å². The Morgan fingerprint density at radius 1 is 1.54 bits per heavy atom. The average Bonchev–Trinajstić information content (AvgIpc) is 2.61. The van der Waals surface area contributed by atoms with Crippen molar-refractivity contribution in [3.63, 3.8) is 0 Å². The highest BCUT2D eigenvalue weighted by atomic mass is 32.2. The molecule has 2 heterocycles. The molecule has 0 amide bonds. The number of hydrogen-bond acceptors (Lipinski definition) is 5. The van der Waals surface area contributed by atoms with Crippen LogP contribution in [0.15, 0.2) is 4.99 Å². The van der Waals surface area contributed by atoms with Gasteiger partial charge >= 0.3 is 0 Å². The van der Waals surface area contributed by atoms with Crippen molar-refractivity contribution in [2.24, 2.45) is 4.99 Å². The van der Waals surface area contributed by atoms with Crippen LogP contribution in [0.3, 0.4) is 0 Å². The molecule has 0 aromatic rings. The van der Waals surface area contributed by atoms with Gasteiger partial charge in [0.15, 0.2) is 15.0 Å². The minimum atomic E-state index is -2.76. The lowest BCUT2D eigenvalue weighted by Crippen LogP contribution is -2.33. The molecule has 6 heteroatoms. The molecule has 2 aliphatic heterocycles. The van der Waals surface area contributed by atoms with Crippen LogP contribution in [0.4, 0.5) is 0 Å². The molecule has 0 saturated carbocycles. The van der Waals surface area contributed by atoms with Crippen LogP contribution >= 0.6 is 11.8 Å². The summed E-state index contributed by atoms with van der Waals surface area (Å²) in [6, 6.07) is 0.0920. The molecule has 0 aliphatic carbocycles. The van der Waals surface area contributed by atoms with Crippen molar-refractivity contribution in [3.8, 4) is 0 Å². The van der Waals surface area contributed by atoms with E-state index in [4.69, 9.17) is 0 Å².